The zero-order chi connectivity index (χ0) is 33.1. The molecular formula is C40H54O6Si. The molecule has 0 saturated heterocycles. The first kappa shape index (κ1) is 34.5. The Kier molecular flexibility index (Phi) is 10.5. The lowest BCUT2D eigenvalue weighted by Crippen LogP contribution is -2.71. The van der Waals surface area contributed by atoms with Crippen LogP contribution in [0.15, 0.2) is 91.0 Å². The van der Waals surface area contributed by atoms with E-state index in [1.54, 1.807) is 14.2 Å². The van der Waals surface area contributed by atoms with Crippen LogP contribution in [0, 0.1) is 23.2 Å². The van der Waals surface area contributed by atoms with Crippen molar-refractivity contribution in [2.75, 3.05) is 34.4 Å². The van der Waals surface area contributed by atoms with Crippen LogP contribution in [0.25, 0.3) is 0 Å². The van der Waals surface area contributed by atoms with E-state index in [9.17, 15) is 0 Å². The third-order valence-electron chi connectivity index (χ3n) is 11.8. The molecule has 47 heavy (non-hydrogen) atoms. The number of ether oxygens (including phenoxy) is 5. The molecule has 3 aromatic carbocycles. The predicted octanol–water partition coefficient (Wildman–Crippen LogP) is 6.95. The quantitative estimate of drug-likeness (QED) is 0.138. The van der Waals surface area contributed by atoms with Gasteiger partial charge in [0.15, 0.2) is 0 Å². The van der Waals surface area contributed by atoms with Crippen LogP contribution in [0.5, 0.6) is 0 Å². The number of benzene rings is 3. The van der Waals surface area contributed by atoms with E-state index in [1.165, 1.54) is 15.9 Å². The molecule has 254 valence electrons. The van der Waals surface area contributed by atoms with Gasteiger partial charge < -0.3 is 28.1 Å². The zero-order valence-corrected chi connectivity index (χ0v) is 30.2. The standard InChI is InChI=1S/C40H54O6Si/c1-38(2,3)47(32-18-12-8-13-19-32,33-20-14-9-15-21-33)46-27-31-24-40(45-29-42-6)25-35(44-28-41-5)37(31)34-22-23-36(39(34,40)4)43-26-30-16-10-7-11-17-30/h7-21,31,34-37H,22-29H2,1-6H3/t31-,34-,35-,36+,37+,39-,40-/m0/s1. The Morgan fingerprint density at radius 3 is 1.91 bits per heavy atom. The highest BCUT2D eigenvalue weighted by molar-refractivity contribution is 6.99. The first-order valence-corrected chi connectivity index (χ1v) is 19.2. The van der Waals surface area contributed by atoms with Gasteiger partial charge in [-0.05, 0) is 58.0 Å². The fourth-order valence-electron chi connectivity index (χ4n) is 9.79. The second kappa shape index (κ2) is 14.2. The third-order valence-corrected chi connectivity index (χ3v) is 16.8. The van der Waals surface area contributed by atoms with Crippen molar-refractivity contribution in [3.8, 4) is 0 Å². The largest absolute Gasteiger partial charge is 0.407 e. The van der Waals surface area contributed by atoms with Crippen molar-refractivity contribution in [3.63, 3.8) is 0 Å². The number of fused-ring (bicyclic) bond motifs is 2. The molecule has 0 radical (unpaired) electrons. The lowest BCUT2D eigenvalue weighted by Gasteiger charge is -2.66. The summed E-state index contributed by atoms with van der Waals surface area (Å²) < 4.78 is 39.1. The molecule has 0 heterocycles. The molecule has 7 rings (SSSR count). The number of rotatable bonds is 14. The Hall–Kier alpha value is -2.36. The maximum absolute atomic E-state index is 7.61. The van der Waals surface area contributed by atoms with Crippen molar-refractivity contribution in [2.24, 2.45) is 23.2 Å². The summed E-state index contributed by atoms with van der Waals surface area (Å²) in [6.45, 7) is 11.2. The minimum atomic E-state index is -2.73. The van der Waals surface area contributed by atoms with Gasteiger partial charge in [-0.3, -0.25) is 0 Å². The summed E-state index contributed by atoms with van der Waals surface area (Å²) in [5.41, 5.74) is 0.523. The smallest absolute Gasteiger partial charge is 0.261 e. The van der Waals surface area contributed by atoms with Crippen molar-refractivity contribution >= 4 is 18.7 Å². The molecule has 0 aliphatic heterocycles. The summed E-state index contributed by atoms with van der Waals surface area (Å²) in [6.07, 6.45) is 3.82. The Morgan fingerprint density at radius 2 is 1.34 bits per heavy atom. The second-order valence-corrected chi connectivity index (χ2v) is 19.4. The van der Waals surface area contributed by atoms with E-state index in [-0.39, 0.29) is 42.2 Å². The Bertz CT molecular complexity index is 1380. The minimum Gasteiger partial charge on any atom is -0.407 e. The maximum atomic E-state index is 7.61. The van der Waals surface area contributed by atoms with E-state index in [2.05, 4.69) is 119 Å². The fraction of sp³-hybridized carbons (Fsp3) is 0.550. The topological polar surface area (TPSA) is 55.4 Å². The van der Waals surface area contributed by atoms with Gasteiger partial charge in [0.2, 0.25) is 0 Å². The van der Waals surface area contributed by atoms with Crippen LogP contribution in [0.2, 0.25) is 5.04 Å². The van der Waals surface area contributed by atoms with Gasteiger partial charge in [-0.15, -0.1) is 0 Å². The Balaban J connectivity index is 1.37. The SMILES string of the molecule is COCO[C@H]1C[C@@]2(OCOC)C[C@@H](CO[Si](c3ccccc3)(c3ccccc3)C(C)(C)C)[C@@H]1[C@@H]1CC[C@@H](OCc3ccccc3)[C@]12C. The molecule has 7 atom stereocenters. The number of methoxy groups -OCH3 is 2. The molecule has 4 aliphatic carbocycles. The Morgan fingerprint density at radius 1 is 0.745 bits per heavy atom. The van der Waals surface area contributed by atoms with E-state index >= 15 is 0 Å². The average Bonchev–Trinajstić information content (AvgIpc) is 3.44. The summed E-state index contributed by atoms with van der Waals surface area (Å²) in [7, 11) is 0.688. The summed E-state index contributed by atoms with van der Waals surface area (Å²) in [5.74, 6) is 0.902. The average molecular weight is 659 g/mol. The second-order valence-electron chi connectivity index (χ2n) is 15.1. The van der Waals surface area contributed by atoms with E-state index < -0.39 is 13.9 Å². The molecule has 4 fully saturated rings. The molecular weight excluding hydrogens is 605 g/mol. The van der Waals surface area contributed by atoms with Gasteiger partial charge in [-0.25, -0.2) is 0 Å². The highest BCUT2D eigenvalue weighted by atomic mass is 28.4. The number of hydrogen-bond acceptors (Lipinski definition) is 6. The summed E-state index contributed by atoms with van der Waals surface area (Å²) in [4.78, 5) is 0. The van der Waals surface area contributed by atoms with Gasteiger partial charge in [0.05, 0.1) is 24.4 Å². The first-order chi connectivity index (χ1) is 22.7. The maximum Gasteiger partial charge on any atom is 0.261 e. The van der Waals surface area contributed by atoms with Gasteiger partial charge >= 0.3 is 0 Å². The summed E-state index contributed by atoms with van der Waals surface area (Å²) >= 11 is 0. The monoisotopic (exact) mass is 658 g/mol. The van der Waals surface area contributed by atoms with Crippen LogP contribution >= 0.6 is 0 Å². The van der Waals surface area contributed by atoms with Gasteiger partial charge in [-0.2, -0.15) is 0 Å². The van der Waals surface area contributed by atoms with E-state index in [1.807, 2.05) is 0 Å². The highest BCUT2D eigenvalue weighted by Crippen LogP contribution is 2.69. The number of hydrogen-bond donors (Lipinski definition) is 0. The first-order valence-electron chi connectivity index (χ1n) is 17.3. The van der Waals surface area contributed by atoms with E-state index in [0.29, 0.717) is 25.0 Å². The zero-order valence-electron chi connectivity index (χ0n) is 29.2. The molecule has 0 spiro atoms. The fourth-order valence-corrected chi connectivity index (χ4v) is 14.4. The summed E-state index contributed by atoms with van der Waals surface area (Å²) in [5, 5.41) is 2.51. The van der Waals surface area contributed by atoms with Crippen LogP contribution in [-0.4, -0.2) is 60.5 Å². The molecule has 0 amide bonds. The van der Waals surface area contributed by atoms with Crippen molar-refractivity contribution in [1.82, 2.24) is 0 Å². The molecule has 0 aromatic heterocycles. The van der Waals surface area contributed by atoms with Crippen LogP contribution in [-0.2, 0) is 34.7 Å². The minimum absolute atomic E-state index is 0.000687. The lowest BCUT2D eigenvalue weighted by atomic mass is 9.45. The van der Waals surface area contributed by atoms with Gasteiger partial charge in [0.1, 0.15) is 13.6 Å². The molecule has 3 aromatic rings. The highest BCUT2D eigenvalue weighted by Gasteiger charge is 2.72. The normalized spacial score (nSPS) is 30.4. The van der Waals surface area contributed by atoms with E-state index in [0.717, 1.165) is 25.7 Å². The van der Waals surface area contributed by atoms with Crippen LogP contribution < -0.4 is 10.4 Å². The van der Waals surface area contributed by atoms with Crippen LogP contribution in [0.4, 0.5) is 0 Å². The third kappa shape index (κ3) is 6.18. The molecule has 7 heteroatoms. The van der Waals surface area contributed by atoms with Crippen molar-refractivity contribution in [1.29, 1.82) is 0 Å². The van der Waals surface area contributed by atoms with Crippen LogP contribution in [0.1, 0.15) is 58.9 Å². The molecule has 2 bridgehead atoms. The lowest BCUT2D eigenvalue weighted by molar-refractivity contribution is -0.314. The van der Waals surface area contributed by atoms with Crippen LogP contribution in [0.3, 0.4) is 0 Å². The molecule has 0 N–H and O–H groups in total. The van der Waals surface area contributed by atoms with Crippen molar-refractivity contribution in [2.45, 2.75) is 82.8 Å². The van der Waals surface area contributed by atoms with Crippen molar-refractivity contribution < 1.29 is 28.1 Å². The summed E-state index contributed by atoms with van der Waals surface area (Å²) in [6, 6.07) is 32.4. The molecule has 0 unspecified atom stereocenters. The molecule has 4 saturated carbocycles. The molecule has 4 aliphatic rings. The predicted molar refractivity (Wildman–Crippen MR) is 188 cm³/mol. The van der Waals surface area contributed by atoms with Gasteiger partial charge in [-0.1, -0.05) is 119 Å². The van der Waals surface area contributed by atoms with Crippen molar-refractivity contribution in [3.05, 3.63) is 96.6 Å². The molecule has 6 nitrogen and oxygen atoms in total. The van der Waals surface area contributed by atoms with Gasteiger partial charge in [0.25, 0.3) is 8.32 Å². The van der Waals surface area contributed by atoms with Gasteiger partial charge in [0, 0.05) is 32.7 Å². The Labute approximate surface area is 283 Å². The van der Waals surface area contributed by atoms with E-state index in [4.69, 9.17) is 28.1 Å².